The number of benzene rings is 1. The van der Waals surface area contributed by atoms with Crippen molar-refractivity contribution in [1.29, 1.82) is 0 Å². The van der Waals surface area contributed by atoms with Crippen molar-refractivity contribution >= 4 is 5.91 Å². The first-order chi connectivity index (χ1) is 11.1. The second kappa shape index (κ2) is 6.44. The fraction of sp³-hybridized carbons (Fsp3) is 0.444. The minimum absolute atomic E-state index is 0.0905. The van der Waals surface area contributed by atoms with Crippen molar-refractivity contribution in [1.82, 2.24) is 14.5 Å². The summed E-state index contributed by atoms with van der Waals surface area (Å²) in [5, 5.41) is 0. The van der Waals surface area contributed by atoms with Crippen LogP contribution in [0, 0.1) is 13.8 Å². The molecule has 2 aromatic rings. The molecule has 0 aliphatic carbocycles. The van der Waals surface area contributed by atoms with Crippen molar-refractivity contribution in [2.75, 3.05) is 20.2 Å². The van der Waals surface area contributed by atoms with E-state index in [1.165, 1.54) is 0 Å². The first-order valence-corrected chi connectivity index (χ1v) is 8.04. The molecule has 0 spiro atoms. The lowest BCUT2D eigenvalue weighted by Crippen LogP contribution is -2.41. The Balaban J connectivity index is 1.76. The van der Waals surface area contributed by atoms with Crippen LogP contribution in [0.3, 0.4) is 0 Å². The molecular formula is C18H23N3O2. The molecule has 23 heavy (non-hydrogen) atoms. The van der Waals surface area contributed by atoms with Gasteiger partial charge in [-0.3, -0.25) is 4.79 Å². The molecule has 3 rings (SSSR count). The summed E-state index contributed by atoms with van der Waals surface area (Å²) in [6, 6.07) is 7.64. The van der Waals surface area contributed by atoms with Gasteiger partial charge in [-0.25, -0.2) is 4.98 Å². The summed E-state index contributed by atoms with van der Waals surface area (Å²) in [5.74, 6) is 1.88. The molecule has 5 nitrogen and oxygen atoms in total. The van der Waals surface area contributed by atoms with Gasteiger partial charge >= 0.3 is 0 Å². The second-order valence-corrected chi connectivity index (χ2v) is 6.09. The maximum Gasteiger partial charge on any atom is 0.253 e. The molecule has 0 radical (unpaired) electrons. The molecule has 1 saturated heterocycles. The highest BCUT2D eigenvalue weighted by Crippen LogP contribution is 2.25. The highest BCUT2D eigenvalue weighted by molar-refractivity contribution is 5.94. The number of carbonyl (C=O) groups excluding carboxylic acids is 1. The van der Waals surface area contributed by atoms with E-state index in [0.717, 1.165) is 43.2 Å². The minimum atomic E-state index is 0.0905. The molecule has 0 N–H and O–H groups in total. The van der Waals surface area contributed by atoms with Gasteiger partial charge in [0, 0.05) is 30.5 Å². The largest absolute Gasteiger partial charge is 0.497 e. The fourth-order valence-corrected chi connectivity index (χ4v) is 3.38. The van der Waals surface area contributed by atoms with E-state index < -0.39 is 0 Å². The molecule has 5 heteroatoms. The van der Waals surface area contributed by atoms with Crippen LogP contribution in [-0.4, -0.2) is 40.6 Å². The van der Waals surface area contributed by atoms with Crippen molar-refractivity contribution in [3.05, 3.63) is 47.5 Å². The topological polar surface area (TPSA) is 47.4 Å². The Morgan fingerprint density at radius 1 is 1.26 bits per heavy atom. The number of carbonyl (C=O) groups is 1. The predicted molar refractivity (Wildman–Crippen MR) is 88.9 cm³/mol. The van der Waals surface area contributed by atoms with E-state index in [-0.39, 0.29) is 5.91 Å². The monoisotopic (exact) mass is 313 g/mol. The van der Waals surface area contributed by atoms with Crippen molar-refractivity contribution < 1.29 is 9.53 Å². The second-order valence-electron chi connectivity index (χ2n) is 6.09. The molecule has 0 bridgehead atoms. The molecule has 0 saturated carbocycles. The average molecular weight is 313 g/mol. The summed E-state index contributed by atoms with van der Waals surface area (Å²) < 4.78 is 7.41. The van der Waals surface area contributed by atoms with E-state index in [0.29, 0.717) is 11.6 Å². The SMILES string of the molecule is COc1ccc(C(=O)N2CCCC(n3c(C)cnc3C)C2)cc1. The van der Waals surface area contributed by atoms with Crippen LogP contribution in [0.5, 0.6) is 5.75 Å². The summed E-state index contributed by atoms with van der Waals surface area (Å²) >= 11 is 0. The lowest BCUT2D eigenvalue weighted by molar-refractivity contribution is 0.0677. The van der Waals surface area contributed by atoms with Crippen molar-refractivity contribution in [3.63, 3.8) is 0 Å². The van der Waals surface area contributed by atoms with Crippen LogP contribution in [0.2, 0.25) is 0 Å². The van der Waals surface area contributed by atoms with Gasteiger partial charge in [0.05, 0.1) is 13.2 Å². The predicted octanol–water partition coefficient (Wildman–Crippen LogP) is 2.99. The van der Waals surface area contributed by atoms with Gasteiger partial charge in [-0.15, -0.1) is 0 Å². The van der Waals surface area contributed by atoms with E-state index >= 15 is 0 Å². The van der Waals surface area contributed by atoms with Gasteiger partial charge in [-0.05, 0) is 51.0 Å². The third-order valence-electron chi connectivity index (χ3n) is 4.55. The third kappa shape index (κ3) is 3.09. The number of likely N-dealkylation sites (tertiary alicyclic amines) is 1. The van der Waals surface area contributed by atoms with Crippen LogP contribution >= 0.6 is 0 Å². The first kappa shape index (κ1) is 15.6. The molecule has 1 aliphatic heterocycles. The summed E-state index contributed by atoms with van der Waals surface area (Å²) in [4.78, 5) is 19.1. The van der Waals surface area contributed by atoms with Crippen LogP contribution < -0.4 is 4.74 Å². The Kier molecular flexibility index (Phi) is 4.37. The average Bonchev–Trinajstić information content (AvgIpc) is 2.93. The van der Waals surface area contributed by atoms with Crippen LogP contribution in [-0.2, 0) is 0 Å². The summed E-state index contributed by atoms with van der Waals surface area (Å²) in [7, 11) is 1.63. The van der Waals surface area contributed by atoms with Gasteiger partial charge in [-0.1, -0.05) is 0 Å². The number of imidazole rings is 1. The smallest absolute Gasteiger partial charge is 0.253 e. The zero-order valence-electron chi connectivity index (χ0n) is 14.0. The van der Waals surface area contributed by atoms with E-state index in [1.807, 2.05) is 42.3 Å². The molecule has 1 aromatic carbocycles. The summed E-state index contributed by atoms with van der Waals surface area (Å²) in [6.07, 6.45) is 4.01. The van der Waals surface area contributed by atoms with Crippen molar-refractivity contribution in [3.8, 4) is 5.75 Å². The minimum Gasteiger partial charge on any atom is -0.497 e. The lowest BCUT2D eigenvalue weighted by atomic mass is 10.0. The number of hydrogen-bond acceptors (Lipinski definition) is 3. The maximum atomic E-state index is 12.7. The summed E-state index contributed by atoms with van der Waals surface area (Å²) in [5.41, 5.74) is 1.87. The van der Waals surface area contributed by atoms with Gasteiger partial charge in [0.15, 0.2) is 0 Å². The van der Waals surface area contributed by atoms with E-state index in [4.69, 9.17) is 4.74 Å². The number of rotatable bonds is 3. The third-order valence-corrected chi connectivity index (χ3v) is 4.55. The Morgan fingerprint density at radius 3 is 2.61 bits per heavy atom. The van der Waals surface area contributed by atoms with Gasteiger partial charge in [0.25, 0.3) is 5.91 Å². The number of piperidine rings is 1. The molecular weight excluding hydrogens is 290 g/mol. The fourth-order valence-electron chi connectivity index (χ4n) is 3.38. The van der Waals surface area contributed by atoms with Crippen LogP contribution in [0.15, 0.2) is 30.5 Å². The van der Waals surface area contributed by atoms with Gasteiger partial charge in [0.2, 0.25) is 0 Å². The van der Waals surface area contributed by atoms with Crippen molar-refractivity contribution in [2.45, 2.75) is 32.7 Å². The zero-order valence-corrected chi connectivity index (χ0v) is 14.0. The normalized spacial score (nSPS) is 18.0. The summed E-state index contributed by atoms with van der Waals surface area (Å²) in [6.45, 7) is 5.65. The number of ether oxygens (including phenoxy) is 1. The van der Waals surface area contributed by atoms with Gasteiger partial charge in [0.1, 0.15) is 11.6 Å². The highest BCUT2D eigenvalue weighted by atomic mass is 16.5. The molecule has 1 aromatic heterocycles. The number of aromatic nitrogens is 2. The Labute approximate surface area is 136 Å². The molecule has 1 unspecified atom stereocenters. The molecule has 1 aliphatic rings. The number of methoxy groups -OCH3 is 1. The Hall–Kier alpha value is -2.30. The highest BCUT2D eigenvalue weighted by Gasteiger charge is 2.26. The lowest BCUT2D eigenvalue weighted by Gasteiger charge is -2.34. The number of aryl methyl sites for hydroxylation is 2. The first-order valence-electron chi connectivity index (χ1n) is 8.04. The maximum absolute atomic E-state index is 12.7. The molecule has 1 atom stereocenters. The van der Waals surface area contributed by atoms with Gasteiger partial charge < -0.3 is 14.2 Å². The van der Waals surface area contributed by atoms with Crippen LogP contribution in [0.25, 0.3) is 0 Å². The van der Waals surface area contributed by atoms with E-state index in [2.05, 4.69) is 16.5 Å². The van der Waals surface area contributed by atoms with Crippen molar-refractivity contribution in [2.24, 2.45) is 0 Å². The number of hydrogen-bond donors (Lipinski definition) is 0. The van der Waals surface area contributed by atoms with E-state index in [1.54, 1.807) is 7.11 Å². The molecule has 1 fully saturated rings. The van der Waals surface area contributed by atoms with Gasteiger partial charge in [-0.2, -0.15) is 0 Å². The number of amides is 1. The molecule has 1 amide bonds. The van der Waals surface area contributed by atoms with Crippen LogP contribution in [0.4, 0.5) is 0 Å². The zero-order chi connectivity index (χ0) is 16.4. The Bertz CT molecular complexity index is 671. The quantitative estimate of drug-likeness (QED) is 0.875. The van der Waals surface area contributed by atoms with Crippen LogP contribution in [0.1, 0.15) is 40.8 Å². The molecule has 2 heterocycles. The standard InChI is InChI=1S/C18H23N3O2/c1-13-11-19-14(2)21(13)16-5-4-10-20(12-16)18(22)15-6-8-17(23-3)9-7-15/h6-9,11,16H,4-5,10,12H2,1-3H3. The molecule has 122 valence electrons. The van der Waals surface area contributed by atoms with E-state index in [9.17, 15) is 4.79 Å². The number of nitrogens with zero attached hydrogens (tertiary/aromatic N) is 3. The Morgan fingerprint density at radius 2 is 2.00 bits per heavy atom.